The van der Waals surface area contributed by atoms with Gasteiger partial charge in [-0.15, -0.1) is 5.10 Å². The molecular weight excluding hydrogens is 351 g/mol. The predicted molar refractivity (Wildman–Crippen MR) is 83.4 cm³/mol. The molecule has 2 aromatic rings. The zero-order chi connectivity index (χ0) is 15.7. The highest BCUT2D eigenvalue weighted by molar-refractivity contribution is 9.10. The van der Waals surface area contributed by atoms with E-state index in [0.717, 1.165) is 10.0 Å². The first-order chi connectivity index (χ1) is 10.6. The van der Waals surface area contributed by atoms with Crippen LogP contribution in [0, 0.1) is 5.82 Å². The maximum absolute atomic E-state index is 13.9. The predicted octanol–water partition coefficient (Wildman–Crippen LogP) is 3.83. The summed E-state index contributed by atoms with van der Waals surface area (Å²) in [5, 5.41) is 5.34. The molecule has 0 N–H and O–H groups in total. The molecule has 1 aliphatic rings. The van der Waals surface area contributed by atoms with Crippen LogP contribution in [-0.2, 0) is 9.53 Å². The van der Waals surface area contributed by atoms with Crippen LogP contribution in [0.15, 0.2) is 58.1 Å². The molecule has 0 saturated heterocycles. The molecule has 0 aromatic heterocycles. The van der Waals surface area contributed by atoms with Gasteiger partial charge in [0.15, 0.2) is 0 Å². The Morgan fingerprint density at radius 1 is 1.23 bits per heavy atom. The molecule has 112 valence electrons. The van der Waals surface area contributed by atoms with Gasteiger partial charge in [0.25, 0.3) is 0 Å². The molecule has 3 rings (SSSR count). The lowest BCUT2D eigenvalue weighted by atomic mass is 10.2. The van der Waals surface area contributed by atoms with E-state index in [1.807, 2.05) is 24.3 Å². The molecule has 6 heteroatoms. The SMILES string of the molecule is CC(=O)N1N=C(c2ccccc2F)O[C@@H]1c1ccc(Br)cc1. The van der Waals surface area contributed by atoms with Gasteiger partial charge in [0.2, 0.25) is 18.0 Å². The van der Waals surface area contributed by atoms with E-state index in [2.05, 4.69) is 21.0 Å². The highest BCUT2D eigenvalue weighted by Gasteiger charge is 2.33. The summed E-state index contributed by atoms with van der Waals surface area (Å²) in [4.78, 5) is 11.8. The Balaban J connectivity index is 1.96. The third kappa shape index (κ3) is 2.74. The Labute approximate surface area is 135 Å². The van der Waals surface area contributed by atoms with Crippen molar-refractivity contribution in [2.45, 2.75) is 13.2 Å². The highest BCUT2D eigenvalue weighted by Crippen LogP contribution is 2.31. The van der Waals surface area contributed by atoms with Crippen molar-refractivity contribution in [3.8, 4) is 0 Å². The van der Waals surface area contributed by atoms with Gasteiger partial charge in [-0.05, 0) is 24.3 Å². The third-order valence-corrected chi connectivity index (χ3v) is 3.75. The number of hydrogen-bond acceptors (Lipinski definition) is 3. The Kier molecular flexibility index (Phi) is 3.94. The molecule has 0 radical (unpaired) electrons. The van der Waals surface area contributed by atoms with Crippen LogP contribution in [0.2, 0.25) is 0 Å². The Hall–Kier alpha value is -2.21. The van der Waals surface area contributed by atoms with E-state index in [4.69, 9.17) is 4.74 Å². The number of rotatable bonds is 2. The van der Waals surface area contributed by atoms with Crippen LogP contribution < -0.4 is 0 Å². The topological polar surface area (TPSA) is 41.9 Å². The van der Waals surface area contributed by atoms with E-state index in [9.17, 15) is 9.18 Å². The molecule has 4 nitrogen and oxygen atoms in total. The van der Waals surface area contributed by atoms with Crippen LogP contribution in [0.3, 0.4) is 0 Å². The number of halogens is 2. The first-order valence-electron chi connectivity index (χ1n) is 6.61. The summed E-state index contributed by atoms with van der Waals surface area (Å²) < 4.78 is 20.5. The van der Waals surface area contributed by atoms with Crippen LogP contribution in [-0.4, -0.2) is 16.8 Å². The average molecular weight is 363 g/mol. The second-order valence-electron chi connectivity index (χ2n) is 4.77. The number of nitrogens with zero attached hydrogens (tertiary/aromatic N) is 2. The zero-order valence-electron chi connectivity index (χ0n) is 11.7. The fraction of sp³-hybridized carbons (Fsp3) is 0.125. The maximum Gasteiger partial charge on any atom is 0.244 e. The third-order valence-electron chi connectivity index (χ3n) is 3.23. The number of hydrogen-bond donors (Lipinski definition) is 0. The van der Waals surface area contributed by atoms with Gasteiger partial charge < -0.3 is 4.74 Å². The second-order valence-corrected chi connectivity index (χ2v) is 5.69. The summed E-state index contributed by atoms with van der Waals surface area (Å²) in [7, 11) is 0. The normalized spacial score (nSPS) is 17.1. The summed E-state index contributed by atoms with van der Waals surface area (Å²) >= 11 is 3.36. The minimum Gasteiger partial charge on any atom is -0.446 e. The van der Waals surface area contributed by atoms with Crippen molar-refractivity contribution in [3.63, 3.8) is 0 Å². The van der Waals surface area contributed by atoms with Gasteiger partial charge in [0, 0.05) is 17.0 Å². The first kappa shape index (κ1) is 14.7. The van der Waals surface area contributed by atoms with Crippen molar-refractivity contribution < 1.29 is 13.9 Å². The standard InChI is InChI=1S/C16H12BrFN2O2/c1-10(21)20-16(11-6-8-12(17)9-7-11)22-15(19-20)13-4-2-3-5-14(13)18/h2-9,16H,1H3/t16-/m1/s1. The number of benzene rings is 2. The van der Waals surface area contributed by atoms with E-state index in [0.29, 0.717) is 0 Å². The summed E-state index contributed by atoms with van der Waals surface area (Å²) in [6, 6.07) is 13.5. The van der Waals surface area contributed by atoms with E-state index >= 15 is 0 Å². The Morgan fingerprint density at radius 2 is 1.91 bits per heavy atom. The summed E-state index contributed by atoms with van der Waals surface area (Å²) in [6.07, 6.45) is -0.694. The molecule has 0 fully saturated rings. The molecule has 0 spiro atoms. The van der Waals surface area contributed by atoms with Crippen molar-refractivity contribution in [3.05, 3.63) is 69.9 Å². The van der Waals surface area contributed by atoms with Crippen LogP contribution in [0.5, 0.6) is 0 Å². The molecule has 1 heterocycles. The van der Waals surface area contributed by atoms with E-state index in [-0.39, 0.29) is 17.4 Å². The zero-order valence-corrected chi connectivity index (χ0v) is 13.2. The first-order valence-corrected chi connectivity index (χ1v) is 7.41. The summed E-state index contributed by atoms with van der Waals surface area (Å²) in [5.74, 6) is -0.623. The molecule has 0 aliphatic carbocycles. The number of hydrazone groups is 1. The minimum atomic E-state index is -0.694. The molecule has 0 bridgehead atoms. The summed E-state index contributed by atoms with van der Waals surface area (Å²) in [5.41, 5.74) is 0.988. The summed E-state index contributed by atoms with van der Waals surface area (Å²) in [6.45, 7) is 1.39. The molecule has 1 aliphatic heterocycles. The van der Waals surface area contributed by atoms with Crippen molar-refractivity contribution >= 4 is 27.7 Å². The molecule has 0 unspecified atom stereocenters. The quantitative estimate of drug-likeness (QED) is 0.814. The van der Waals surface area contributed by atoms with Crippen LogP contribution in [0.25, 0.3) is 0 Å². The fourth-order valence-electron chi connectivity index (χ4n) is 2.15. The van der Waals surface area contributed by atoms with E-state index < -0.39 is 12.0 Å². The minimum absolute atomic E-state index is 0.0984. The van der Waals surface area contributed by atoms with Crippen LogP contribution in [0.1, 0.15) is 24.3 Å². The fourth-order valence-corrected chi connectivity index (χ4v) is 2.42. The van der Waals surface area contributed by atoms with E-state index in [1.165, 1.54) is 18.0 Å². The number of carbonyl (C=O) groups excluding carboxylic acids is 1. The largest absolute Gasteiger partial charge is 0.446 e. The van der Waals surface area contributed by atoms with Crippen molar-refractivity contribution in [2.24, 2.45) is 5.10 Å². The molecule has 1 amide bonds. The van der Waals surface area contributed by atoms with Gasteiger partial charge in [0.1, 0.15) is 5.82 Å². The lowest BCUT2D eigenvalue weighted by molar-refractivity contribution is -0.135. The molecule has 2 aromatic carbocycles. The lowest BCUT2D eigenvalue weighted by Crippen LogP contribution is -2.25. The molecule has 22 heavy (non-hydrogen) atoms. The van der Waals surface area contributed by atoms with Gasteiger partial charge in [-0.2, -0.15) is 5.01 Å². The number of ether oxygens (including phenoxy) is 1. The molecular formula is C16H12BrFN2O2. The smallest absolute Gasteiger partial charge is 0.244 e. The van der Waals surface area contributed by atoms with Crippen LogP contribution >= 0.6 is 15.9 Å². The lowest BCUT2D eigenvalue weighted by Gasteiger charge is -2.19. The maximum atomic E-state index is 13.9. The Bertz CT molecular complexity index is 746. The average Bonchev–Trinajstić information content (AvgIpc) is 2.93. The number of carbonyl (C=O) groups is 1. The van der Waals surface area contributed by atoms with Gasteiger partial charge in [-0.3, -0.25) is 4.79 Å². The van der Waals surface area contributed by atoms with Gasteiger partial charge in [0.05, 0.1) is 5.56 Å². The van der Waals surface area contributed by atoms with Gasteiger partial charge in [-0.25, -0.2) is 4.39 Å². The van der Waals surface area contributed by atoms with E-state index in [1.54, 1.807) is 18.2 Å². The van der Waals surface area contributed by atoms with Crippen LogP contribution in [0.4, 0.5) is 4.39 Å². The van der Waals surface area contributed by atoms with Gasteiger partial charge in [-0.1, -0.05) is 40.2 Å². The molecule has 0 saturated carbocycles. The van der Waals surface area contributed by atoms with Crippen molar-refractivity contribution in [2.75, 3.05) is 0 Å². The van der Waals surface area contributed by atoms with Crippen molar-refractivity contribution in [1.82, 2.24) is 5.01 Å². The Morgan fingerprint density at radius 3 is 2.55 bits per heavy atom. The second kappa shape index (κ2) is 5.88. The highest BCUT2D eigenvalue weighted by atomic mass is 79.9. The van der Waals surface area contributed by atoms with Gasteiger partial charge >= 0.3 is 0 Å². The monoisotopic (exact) mass is 362 g/mol. The van der Waals surface area contributed by atoms with Crippen molar-refractivity contribution in [1.29, 1.82) is 0 Å². The number of amides is 1. The molecule has 1 atom stereocenters.